The number of aliphatic hydroxyl groups excluding tert-OH is 1. The van der Waals surface area contributed by atoms with Crippen molar-refractivity contribution in [3.05, 3.63) is 95.1 Å². The van der Waals surface area contributed by atoms with E-state index in [2.05, 4.69) is 4.90 Å². The first kappa shape index (κ1) is 28.4. The van der Waals surface area contributed by atoms with Gasteiger partial charge in [0.2, 0.25) is 0 Å². The van der Waals surface area contributed by atoms with Crippen LogP contribution < -0.4 is 9.47 Å². The predicted molar refractivity (Wildman–Crippen MR) is 156 cm³/mol. The molecular weight excluding hydrogens is 520 g/mol. The topological polar surface area (TPSA) is 88.5 Å². The average molecular weight is 557 g/mol. The Balaban J connectivity index is 1.51. The number of ether oxygens (including phenoxy) is 3. The molecule has 1 N–H and O–H groups in total. The maximum atomic E-state index is 13.5. The molecule has 1 atom stereocenters. The third-order valence-corrected chi connectivity index (χ3v) is 7.43. The van der Waals surface area contributed by atoms with Gasteiger partial charge in [0.05, 0.1) is 31.4 Å². The van der Waals surface area contributed by atoms with Gasteiger partial charge in [0.15, 0.2) is 0 Å². The van der Waals surface area contributed by atoms with Crippen molar-refractivity contribution in [2.45, 2.75) is 26.3 Å². The number of ketones is 1. The molecule has 2 heterocycles. The SMILES string of the molecule is CCOc1ccc(C(O)=C2C(=O)C(=O)N(CCCN3CCOCC3)C2c2cccc(Oc3ccccc3)c2)c(C)c1. The lowest BCUT2D eigenvalue weighted by Gasteiger charge is -2.29. The van der Waals surface area contributed by atoms with E-state index >= 15 is 0 Å². The highest BCUT2D eigenvalue weighted by Gasteiger charge is 2.46. The summed E-state index contributed by atoms with van der Waals surface area (Å²) in [5.74, 6) is 0.420. The third-order valence-electron chi connectivity index (χ3n) is 7.43. The molecule has 0 spiro atoms. The lowest BCUT2D eigenvalue weighted by molar-refractivity contribution is -0.140. The summed E-state index contributed by atoms with van der Waals surface area (Å²) in [6, 6.07) is 21.3. The van der Waals surface area contributed by atoms with Gasteiger partial charge in [0.25, 0.3) is 11.7 Å². The van der Waals surface area contributed by atoms with Gasteiger partial charge in [0.1, 0.15) is 23.0 Å². The molecule has 3 aromatic rings. The molecule has 41 heavy (non-hydrogen) atoms. The van der Waals surface area contributed by atoms with Crippen LogP contribution in [0.25, 0.3) is 5.76 Å². The maximum Gasteiger partial charge on any atom is 0.295 e. The van der Waals surface area contributed by atoms with Gasteiger partial charge >= 0.3 is 0 Å². The Morgan fingerprint density at radius 1 is 0.927 bits per heavy atom. The first-order valence-electron chi connectivity index (χ1n) is 14.1. The highest BCUT2D eigenvalue weighted by Crippen LogP contribution is 2.41. The number of carbonyl (C=O) groups is 2. The number of benzene rings is 3. The molecule has 0 saturated carbocycles. The summed E-state index contributed by atoms with van der Waals surface area (Å²) >= 11 is 0. The largest absolute Gasteiger partial charge is 0.507 e. The zero-order valence-electron chi connectivity index (χ0n) is 23.5. The Morgan fingerprint density at radius 3 is 2.41 bits per heavy atom. The number of aliphatic hydroxyl groups is 1. The van der Waals surface area contributed by atoms with Crippen LogP contribution in [0.15, 0.2) is 78.4 Å². The Morgan fingerprint density at radius 2 is 1.68 bits per heavy atom. The molecule has 1 unspecified atom stereocenters. The molecule has 214 valence electrons. The first-order chi connectivity index (χ1) is 20.0. The molecule has 2 aliphatic heterocycles. The summed E-state index contributed by atoms with van der Waals surface area (Å²) < 4.78 is 17.1. The molecule has 0 aromatic heterocycles. The minimum atomic E-state index is -0.759. The van der Waals surface area contributed by atoms with Crippen molar-refractivity contribution in [1.29, 1.82) is 0 Å². The molecule has 0 radical (unpaired) electrons. The lowest BCUT2D eigenvalue weighted by atomic mass is 9.93. The van der Waals surface area contributed by atoms with Crippen molar-refractivity contribution in [3.8, 4) is 17.2 Å². The van der Waals surface area contributed by atoms with Crippen LogP contribution in [0.2, 0.25) is 0 Å². The number of hydrogen-bond acceptors (Lipinski definition) is 7. The second-order valence-electron chi connectivity index (χ2n) is 10.2. The molecule has 0 bridgehead atoms. The average Bonchev–Trinajstić information content (AvgIpc) is 3.23. The van der Waals surface area contributed by atoms with Crippen molar-refractivity contribution in [1.82, 2.24) is 9.80 Å². The van der Waals surface area contributed by atoms with Crippen LogP contribution in [0.5, 0.6) is 17.2 Å². The minimum Gasteiger partial charge on any atom is -0.507 e. The second-order valence-corrected chi connectivity index (χ2v) is 10.2. The quantitative estimate of drug-likeness (QED) is 0.205. The van der Waals surface area contributed by atoms with E-state index in [4.69, 9.17) is 14.2 Å². The fraction of sp³-hybridized carbons (Fsp3) is 0.333. The van der Waals surface area contributed by atoms with Crippen LogP contribution in [0.4, 0.5) is 0 Å². The Bertz CT molecular complexity index is 1410. The van der Waals surface area contributed by atoms with Crippen LogP contribution >= 0.6 is 0 Å². The van der Waals surface area contributed by atoms with Crippen LogP contribution in [-0.4, -0.2) is 72.6 Å². The molecule has 2 saturated heterocycles. The Hall–Kier alpha value is -4.14. The van der Waals surface area contributed by atoms with Crippen LogP contribution in [-0.2, 0) is 14.3 Å². The van der Waals surface area contributed by atoms with E-state index in [-0.39, 0.29) is 11.3 Å². The van der Waals surface area contributed by atoms with Gasteiger partial charge in [-0.25, -0.2) is 0 Å². The van der Waals surface area contributed by atoms with Crippen molar-refractivity contribution in [2.24, 2.45) is 0 Å². The van der Waals surface area contributed by atoms with Crippen molar-refractivity contribution in [2.75, 3.05) is 46.0 Å². The van der Waals surface area contributed by atoms with E-state index in [0.717, 1.165) is 25.2 Å². The van der Waals surface area contributed by atoms with E-state index < -0.39 is 17.7 Å². The Kier molecular flexibility index (Phi) is 9.01. The molecule has 8 heteroatoms. The number of hydrogen-bond donors (Lipinski definition) is 1. The summed E-state index contributed by atoms with van der Waals surface area (Å²) in [7, 11) is 0. The fourth-order valence-corrected chi connectivity index (χ4v) is 5.42. The van der Waals surface area contributed by atoms with Gasteiger partial charge < -0.3 is 24.2 Å². The number of likely N-dealkylation sites (tertiary alicyclic amines) is 1. The van der Waals surface area contributed by atoms with Crippen molar-refractivity contribution in [3.63, 3.8) is 0 Å². The number of carbonyl (C=O) groups excluding carboxylic acids is 2. The summed E-state index contributed by atoms with van der Waals surface area (Å²) in [6.45, 7) is 8.50. The van der Waals surface area contributed by atoms with E-state index in [1.165, 1.54) is 0 Å². The highest BCUT2D eigenvalue weighted by atomic mass is 16.5. The number of aryl methyl sites for hydroxylation is 1. The van der Waals surface area contributed by atoms with Gasteiger partial charge in [-0.2, -0.15) is 0 Å². The van der Waals surface area contributed by atoms with Crippen LogP contribution in [0.1, 0.15) is 36.1 Å². The molecule has 2 aliphatic rings. The number of rotatable bonds is 10. The molecule has 8 nitrogen and oxygen atoms in total. The summed E-state index contributed by atoms with van der Waals surface area (Å²) in [5, 5.41) is 11.6. The van der Waals surface area contributed by atoms with Gasteiger partial charge in [-0.3, -0.25) is 14.5 Å². The fourth-order valence-electron chi connectivity index (χ4n) is 5.42. The van der Waals surface area contributed by atoms with E-state index in [0.29, 0.717) is 61.2 Å². The van der Waals surface area contributed by atoms with Crippen LogP contribution in [0.3, 0.4) is 0 Å². The Labute approximate surface area is 240 Å². The summed E-state index contributed by atoms with van der Waals surface area (Å²) in [4.78, 5) is 30.9. The van der Waals surface area contributed by atoms with Gasteiger partial charge in [0, 0.05) is 31.7 Å². The van der Waals surface area contributed by atoms with Crippen molar-refractivity contribution >= 4 is 17.4 Å². The normalized spacial score (nSPS) is 19.0. The summed E-state index contributed by atoms with van der Waals surface area (Å²) in [6.07, 6.45) is 0.686. The minimum absolute atomic E-state index is 0.0745. The smallest absolute Gasteiger partial charge is 0.295 e. The molecule has 2 fully saturated rings. The van der Waals surface area contributed by atoms with E-state index in [1.54, 1.807) is 17.0 Å². The van der Waals surface area contributed by atoms with Crippen molar-refractivity contribution < 1.29 is 28.9 Å². The van der Waals surface area contributed by atoms with Gasteiger partial charge in [-0.15, -0.1) is 0 Å². The van der Waals surface area contributed by atoms with Crippen LogP contribution in [0, 0.1) is 6.92 Å². The number of nitrogens with zero attached hydrogens (tertiary/aromatic N) is 2. The number of Topliss-reactive ketones (excluding diaryl/α,β-unsaturated/α-hetero) is 1. The lowest BCUT2D eigenvalue weighted by Crippen LogP contribution is -2.38. The zero-order chi connectivity index (χ0) is 28.8. The highest BCUT2D eigenvalue weighted by molar-refractivity contribution is 6.46. The first-order valence-corrected chi connectivity index (χ1v) is 14.1. The molecule has 1 amide bonds. The molecular formula is C33H36N2O6. The van der Waals surface area contributed by atoms with E-state index in [9.17, 15) is 14.7 Å². The predicted octanol–water partition coefficient (Wildman–Crippen LogP) is 5.33. The van der Waals surface area contributed by atoms with E-state index in [1.807, 2.05) is 74.5 Å². The maximum absolute atomic E-state index is 13.5. The molecule has 3 aromatic carbocycles. The molecule has 0 aliphatic carbocycles. The van der Waals surface area contributed by atoms with Gasteiger partial charge in [-0.05, 0) is 73.9 Å². The standard InChI is InChI=1S/C33H36N2O6/c1-3-40-26-13-14-28(23(2)21-26)31(36)29-30(24-9-7-12-27(22-24)41-25-10-5-4-6-11-25)35(33(38)32(29)37)16-8-15-34-17-19-39-20-18-34/h4-7,9-14,21-22,30,36H,3,8,15-20H2,1-2H3. The number of morpholine rings is 1. The third kappa shape index (κ3) is 6.45. The number of para-hydroxylation sites is 1. The van der Waals surface area contributed by atoms with Gasteiger partial charge in [-0.1, -0.05) is 30.3 Å². The molecule has 5 rings (SSSR count). The summed E-state index contributed by atoms with van der Waals surface area (Å²) in [5.41, 5.74) is 1.99. The monoisotopic (exact) mass is 556 g/mol. The zero-order valence-corrected chi connectivity index (χ0v) is 23.5. The number of amides is 1. The second kappa shape index (κ2) is 13.0.